The third-order valence-electron chi connectivity index (χ3n) is 1.78. The van der Waals surface area contributed by atoms with Crippen molar-refractivity contribution in [3.8, 4) is 5.75 Å². The van der Waals surface area contributed by atoms with Crippen molar-refractivity contribution in [3.05, 3.63) is 23.5 Å². The first-order chi connectivity index (χ1) is 6.45. The summed E-state index contributed by atoms with van der Waals surface area (Å²) in [6, 6.07) is 0.888. The van der Waals surface area contributed by atoms with Gasteiger partial charge in [-0.1, -0.05) is 13.3 Å². The summed E-state index contributed by atoms with van der Waals surface area (Å²) in [6.45, 7) is 1.83. The highest BCUT2D eigenvalue weighted by Gasteiger charge is 2.32. The van der Waals surface area contributed by atoms with E-state index in [1.54, 1.807) is 0 Å². The predicted octanol–water partition coefficient (Wildman–Crippen LogP) is 2.76. The fourth-order valence-electron chi connectivity index (χ4n) is 1.11. The molecule has 78 valence electrons. The molecule has 0 amide bonds. The highest BCUT2D eigenvalue weighted by atomic mass is 19.4. The first-order valence-corrected chi connectivity index (χ1v) is 4.20. The van der Waals surface area contributed by atoms with Gasteiger partial charge in [0.05, 0.1) is 6.20 Å². The van der Waals surface area contributed by atoms with Gasteiger partial charge in [-0.25, -0.2) is 4.98 Å². The molecule has 14 heavy (non-hydrogen) atoms. The number of rotatable bonds is 2. The lowest BCUT2D eigenvalue weighted by Crippen LogP contribution is -2.08. The maximum atomic E-state index is 12.2. The second-order valence-electron chi connectivity index (χ2n) is 2.95. The summed E-state index contributed by atoms with van der Waals surface area (Å²) >= 11 is 0. The molecule has 1 rings (SSSR count). The first-order valence-electron chi connectivity index (χ1n) is 4.20. The average Bonchev–Trinajstić information content (AvgIpc) is 2.07. The number of aromatic nitrogens is 1. The van der Waals surface area contributed by atoms with Crippen molar-refractivity contribution in [2.45, 2.75) is 25.9 Å². The number of hydrogen-bond donors (Lipinski definition) is 1. The van der Waals surface area contributed by atoms with Gasteiger partial charge in [-0.15, -0.1) is 0 Å². The Labute approximate surface area is 79.4 Å². The Hall–Kier alpha value is -1.26. The van der Waals surface area contributed by atoms with Gasteiger partial charge in [0.15, 0.2) is 0 Å². The summed E-state index contributed by atoms with van der Waals surface area (Å²) < 4.78 is 36.6. The van der Waals surface area contributed by atoms with E-state index < -0.39 is 11.9 Å². The van der Waals surface area contributed by atoms with Crippen LogP contribution in [-0.2, 0) is 12.6 Å². The van der Waals surface area contributed by atoms with E-state index in [0.29, 0.717) is 12.8 Å². The predicted molar refractivity (Wildman–Crippen MR) is 44.9 cm³/mol. The lowest BCUT2D eigenvalue weighted by Gasteiger charge is -2.08. The topological polar surface area (TPSA) is 33.1 Å². The zero-order valence-corrected chi connectivity index (χ0v) is 7.60. The lowest BCUT2D eigenvalue weighted by atomic mass is 10.1. The number of hydrogen-bond acceptors (Lipinski definition) is 2. The minimum Gasteiger partial charge on any atom is -0.506 e. The first kappa shape index (κ1) is 10.8. The second-order valence-corrected chi connectivity index (χ2v) is 2.95. The molecule has 0 aliphatic rings. The average molecular weight is 205 g/mol. The van der Waals surface area contributed by atoms with Gasteiger partial charge in [-0.2, -0.15) is 13.2 Å². The Balaban J connectivity index is 3.06. The molecular weight excluding hydrogens is 195 g/mol. The second kappa shape index (κ2) is 3.86. The van der Waals surface area contributed by atoms with Crippen LogP contribution in [0.4, 0.5) is 13.2 Å². The minimum absolute atomic E-state index is 0.181. The van der Waals surface area contributed by atoms with Crippen molar-refractivity contribution < 1.29 is 18.3 Å². The van der Waals surface area contributed by atoms with Gasteiger partial charge in [0, 0.05) is 0 Å². The molecule has 1 aromatic rings. The van der Waals surface area contributed by atoms with Gasteiger partial charge in [0.1, 0.15) is 11.4 Å². The molecule has 0 saturated heterocycles. The number of alkyl halides is 3. The van der Waals surface area contributed by atoms with Gasteiger partial charge in [0.2, 0.25) is 0 Å². The van der Waals surface area contributed by atoms with Crippen LogP contribution in [0, 0.1) is 0 Å². The Bertz CT molecular complexity index is 322. The van der Waals surface area contributed by atoms with E-state index in [0.717, 1.165) is 12.3 Å². The maximum absolute atomic E-state index is 12.2. The van der Waals surface area contributed by atoms with Crippen LogP contribution in [-0.4, -0.2) is 10.1 Å². The van der Waals surface area contributed by atoms with Crippen molar-refractivity contribution >= 4 is 0 Å². The van der Waals surface area contributed by atoms with Crippen LogP contribution in [0.5, 0.6) is 5.75 Å². The van der Waals surface area contributed by atoms with Crippen LogP contribution in [0.25, 0.3) is 0 Å². The summed E-state index contributed by atoms with van der Waals surface area (Å²) in [7, 11) is 0. The molecule has 1 aromatic heterocycles. The van der Waals surface area contributed by atoms with Crippen LogP contribution in [0.2, 0.25) is 0 Å². The summed E-state index contributed by atoms with van der Waals surface area (Å²) in [6.07, 6.45) is -2.52. The van der Waals surface area contributed by atoms with Crippen molar-refractivity contribution in [3.63, 3.8) is 0 Å². The molecule has 0 aromatic carbocycles. The van der Waals surface area contributed by atoms with Crippen LogP contribution in [0.15, 0.2) is 12.3 Å². The minimum atomic E-state index is -4.45. The highest BCUT2D eigenvalue weighted by molar-refractivity contribution is 5.32. The van der Waals surface area contributed by atoms with E-state index in [9.17, 15) is 18.3 Å². The molecular formula is C9H10F3NO. The lowest BCUT2D eigenvalue weighted by molar-refractivity contribution is -0.141. The van der Waals surface area contributed by atoms with Gasteiger partial charge in [-0.05, 0) is 18.1 Å². The van der Waals surface area contributed by atoms with Crippen LogP contribution in [0.1, 0.15) is 24.6 Å². The number of halogens is 3. The fourth-order valence-corrected chi connectivity index (χ4v) is 1.11. The highest BCUT2D eigenvalue weighted by Crippen LogP contribution is 2.30. The van der Waals surface area contributed by atoms with E-state index >= 15 is 0 Å². The van der Waals surface area contributed by atoms with Crippen molar-refractivity contribution in [1.82, 2.24) is 4.98 Å². The Morgan fingerprint density at radius 3 is 2.57 bits per heavy atom. The molecule has 1 N–H and O–H groups in total. The third-order valence-corrected chi connectivity index (χ3v) is 1.78. The maximum Gasteiger partial charge on any atom is 0.433 e. The van der Waals surface area contributed by atoms with Gasteiger partial charge >= 0.3 is 6.18 Å². The molecule has 0 radical (unpaired) electrons. The monoisotopic (exact) mass is 205 g/mol. The van der Waals surface area contributed by atoms with Gasteiger partial charge in [-0.3, -0.25) is 0 Å². The largest absolute Gasteiger partial charge is 0.506 e. The Morgan fingerprint density at radius 1 is 1.43 bits per heavy atom. The fraction of sp³-hybridized carbons (Fsp3) is 0.444. The van der Waals surface area contributed by atoms with E-state index in [1.807, 2.05) is 6.92 Å². The van der Waals surface area contributed by atoms with E-state index in [1.165, 1.54) is 0 Å². The van der Waals surface area contributed by atoms with Gasteiger partial charge in [0.25, 0.3) is 0 Å². The molecule has 1 heterocycles. The van der Waals surface area contributed by atoms with E-state index in [-0.39, 0.29) is 11.3 Å². The standard InChI is InChI=1S/C9H10F3NO/c1-2-3-6-4-8(9(10,11)12)13-5-7(6)14/h4-5,14H,2-3H2,1H3. The molecule has 0 spiro atoms. The molecule has 0 fully saturated rings. The zero-order valence-electron chi connectivity index (χ0n) is 7.60. The Morgan fingerprint density at radius 2 is 2.07 bits per heavy atom. The molecule has 0 aliphatic carbocycles. The number of pyridine rings is 1. The van der Waals surface area contributed by atoms with Crippen LogP contribution in [0.3, 0.4) is 0 Å². The quantitative estimate of drug-likeness (QED) is 0.805. The van der Waals surface area contributed by atoms with Crippen molar-refractivity contribution in [2.24, 2.45) is 0 Å². The normalized spacial score (nSPS) is 11.7. The van der Waals surface area contributed by atoms with Gasteiger partial charge < -0.3 is 5.11 Å². The summed E-state index contributed by atoms with van der Waals surface area (Å²) in [5.74, 6) is -0.181. The Kier molecular flexibility index (Phi) is 2.98. The molecule has 0 saturated carbocycles. The molecule has 0 unspecified atom stereocenters. The molecule has 0 atom stereocenters. The summed E-state index contributed by atoms with van der Waals surface area (Å²) in [4.78, 5) is 3.12. The van der Waals surface area contributed by atoms with Crippen LogP contribution < -0.4 is 0 Å². The smallest absolute Gasteiger partial charge is 0.433 e. The van der Waals surface area contributed by atoms with Crippen molar-refractivity contribution in [2.75, 3.05) is 0 Å². The SMILES string of the molecule is CCCc1cc(C(F)(F)F)ncc1O. The van der Waals surface area contributed by atoms with E-state index in [2.05, 4.69) is 4.98 Å². The number of nitrogens with zero attached hydrogens (tertiary/aromatic N) is 1. The van der Waals surface area contributed by atoms with E-state index in [4.69, 9.17) is 0 Å². The van der Waals surface area contributed by atoms with Crippen molar-refractivity contribution in [1.29, 1.82) is 0 Å². The van der Waals surface area contributed by atoms with Crippen LogP contribution >= 0.6 is 0 Å². The molecule has 0 aliphatic heterocycles. The number of aromatic hydroxyl groups is 1. The molecule has 0 bridgehead atoms. The zero-order chi connectivity index (χ0) is 10.8. The summed E-state index contributed by atoms with van der Waals surface area (Å²) in [5.41, 5.74) is -0.673. The summed E-state index contributed by atoms with van der Waals surface area (Å²) in [5, 5.41) is 9.20. The molecule has 5 heteroatoms. The third kappa shape index (κ3) is 2.37. The molecule has 2 nitrogen and oxygen atoms in total. The number of aryl methyl sites for hydroxylation is 1.